The van der Waals surface area contributed by atoms with E-state index in [-0.39, 0.29) is 10.3 Å². The van der Waals surface area contributed by atoms with Crippen LogP contribution in [0.3, 0.4) is 0 Å². The summed E-state index contributed by atoms with van der Waals surface area (Å²) in [6.07, 6.45) is 0. The van der Waals surface area contributed by atoms with E-state index in [0.717, 1.165) is 0 Å². The molecule has 66 valence electrons. The Morgan fingerprint density at radius 1 is 1.17 bits per heavy atom. The van der Waals surface area contributed by atoms with Crippen molar-refractivity contribution in [2.24, 2.45) is 0 Å². The van der Waals surface area contributed by atoms with Crippen LogP contribution in [0.15, 0.2) is 11.2 Å². The molecular weight excluding hydrogens is 246 g/mol. The largest absolute Gasteiger partial charge is 0.296 e. The molecule has 0 amide bonds. The Morgan fingerprint density at radius 2 is 1.58 bits per heavy atom. The maximum absolute atomic E-state index is 10.7. The van der Waals surface area contributed by atoms with Crippen LogP contribution in [-0.2, 0) is 9.05 Å². The average Bonchev–Trinajstić information content (AvgIpc) is 1.82. The highest BCUT2D eigenvalue weighted by molar-refractivity contribution is 8.13. The minimum atomic E-state index is -3.97. The molecule has 0 aliphatic heterocycles. The fourth-order valence-electron chi connectivity index (χ4n) is 0.480. The third kappa shape index (κ3) is 2.45. The van der Waals surface area contributed by atoms with Gasteiger partial charge in [0.15, 0.2) is 0 Å². The van der Waals surface area contributed by atoms with E-state index < -0.39 is 14.2 Å². The second kappa shape index (κ2) is 3.33. The van der Waals surface area contributed by atoms with Gasteiger partial charge in [0, 0.05) is 16.7 Å². The summed E-state index contributed by atoms with van der Waals surface area (Å²) in [6, 6.07) is 1.20. The summed E-state index contributed by atoms with van der Waals surface area (Å²) >= 11 is 10.8. The van der Waals surface area contributed by atoms with Crippen molar-refractivity contribution in [2.75, 3.05) is 0 Å². The van der Waals surface area contributed by atoms with Crippen LogP contribution in [-0.4, -0.2) is 18.4 Å². The molecule has 0 aliphatic carbocycles. The van der Waals surface area contributed by atoms with Crippen molar-refractivity contribution in [3.8, 4) is 0 Å². The number of aromatic nitrogens is 2. The van der Waals surface area contributed by atoms with Gasteiger partial charge in [0.2, 0.25) is 0 Å². The molecule has 0 fully saturated rings. The molecule has 0 atom stereocenters. The highest BCUT2D eigenvalue weighted by atomic mass is 35.7. The monoisotopic (exact) mass is 246 g/mol. The Bertz CT molecular complexity index is 385. The lowest BCUT2D eigenvalue weighted by Crippen LogP contribution is -1.99. The first-order valence-corrected chi connectivity index (χ1v) is 5.61. The Hall–Kier alpha value is -0.100. The van der Waals surface area contributed by atoms with Gasteiger partial charge in [-0.2, -0.15) is 0 Å². The predicted molar refractivity (Wildman–Crippen MR) is 45.1 cm³/mol. The van der Waals surface area contributed by atoms with Crippen molar-refractivity contribution in [3.05, 3.63) is 16.4 Å². The maximum atomic E-state index is 10.7. The van der Waals surface area contributed by atoms with Gasteiger partial charge in [0.05, 0.1) is 0 Å². The molecule has 12 heavy (non-hydrogen) atoms. The molecule has 0 unspecified atom stereocenters. The average molecular weight is 247 g/mol. The van der Waals surface area contributed by atoms with Crippen molar-refractivity contribution in [1.29, 1.82) is 0 Å². The molecule has 0 saturated carbocycles. The number of halogens is 3. The van der Waals surface area contributed by atoms with Crippen LogP contribution in [0, 0.1) is 0 Å². The minimum absolute atomic E-state index is 0.0748. The molecule has 0 N–H and O–H groups in total. The molecule has 1 rings (SSSR count). The molecular formula is C4HCl3N2O2S. The van der Waals surface area contributed by atoms with E-state index in [1.165, 1.54) is 6.07 Å². The number of nitrogens with zero attached hydrogens (tertiary/aromatic N) is 2. The van der Waals surface area contributed by atoms with Crippen LogP contribution < -0.4 is 0 Å². The summed E-state index contributed by atoms with van der Waals surface area (Å²) in [7, 11) is 0.966. The van der Waals surface area contributed by atoms with Gasteiger partial charge >= 0.3 is 0 Å². The van der Waals surface area contributed by atoms with Crippen molar-refractivity contribution in [2.45, 2.75) is 5.16 Å². The van der Waals surface area contributed by atoms with Gasteiger partial charge in [0.1, 0.15) is 10.3 Å². The van der Waals surface area contributed by atoms with Gasteiger partial charge in [-0.05, 0) is 0 Å². The Labute approximate surface area is 82.9 Å². The fraction of sp³-hybridized carbons (Fsp3) is 0. The summed E-state index contributed by atoms with van der Waals surface area (Å²) in [5.41, 5.74) is 0. The molecule has 0 saturated heterocycles. The van der Waals surface area contributed by atoms with Gasteiger partial charge < -0.3 is 0 Å². The Morgan fingerprint density at radius 3 is 1.92 bits per heavy atom. The number of hydrogen-bond donors (Lipinski definition) is 0. The molecule has 4 nitrogen and oxygen atoms in total. The van der Waals surface area contributed by atoms with Crippen LogP contribution in [0.1, 0.15) is 0 Å². The van der Waals surface area contributed by atoms with Gasteiger partial charge in [0.25, 0.3) is 14.2 Å². The van der Waals surface area contributed by atoms with Crippen molar-refractivity contribution < 1.29 is 8.42 Å². The van der Waals surface area contributed by atoms with Gasteiger partial charge in [-0.3, -0.25) is 0 Å². The van der Waals surface area contributed by atoms with E-state index in [1.807, 2.05) is 0 Å². The van der Waals surface area contributed by atoms with E-state index in [1.54, 1.807) is 0 Å². The summed E-state index contributed by atoms with van der Waals surface area (Å²) in [5.74, 6) is 0. The first kappa shape index (κ1) is 9.98. The van der Waals surface area contributed by atoms with E-state index in [4.69, 9.17) is 33.9 Å². The lowest BCUT2D eigenvalue weighted by Gasteiger charge is -1.95. The van der Waals surface area contributed by atoms with Crippen LogP contribution in [0.2, 0.25) is 10.3 Å². The zero-order valence-corrected chi connectivity index (χ0v) is 8.41. The van der Waals surface area contributed by atoms with E-state index in [2.05, 4.69) is 9.97 Å². The van der Waals surface area contributed by atoms with Crippen molar-refractivity contribution >= 4 is 42.9 Å². The SMILES string of the molecule is O=S(=O)(Cl)c1nc(Cl)cc(Cl)n1. The summed E-state index contributed by atoms with van der Waals surface area (Å²) in [6.45, 7) is 0. The fourth-order valence-corrected chi connectivity index (χ4v) is 1.62. The molecule has 0 aliphatic rings. The van der Waals surface area contributed by atoms with Crippen molar-refractivity contribution in [1.82, 2.24) is 9.97 Å². The lowest BCUT2D eigenvalue weighted by atomic mass is 10.7. The number of rotatable bonds is 1. The molecule has 0 aromatic carbocycles. The second-order valence-corrected chi connectivity index (χ2v) is 4.97. The minimum Gasteiger partial charge on any atom is -0.205 e. The first-order chi connectivity index (χ1) is 5.39. The van der Waals surface area contributed by atoms with Gasteiger partial charge in [-0.25, -0.2) is 18.4 Å². The summed E-state index contributed by atoms with van der Waals surface area (Å²) in [5, 5.41) is -0.745. The third-order valence-electron chi connectivity index (χ3n) is 0.861. The highest BCUT2D eigenvalue weighted by Crippen LogP contribution is 2.16. The zero-order chi connectivity index (χ0) is 9.35. The summed E-state index contributed by atoms with van der Waals surface area (Å²) in [4.78, 5) is 6.71. The van der Waals surface area contributed by atoms with Crippen LogP contribution in [0.25, 0.3) is 0 Å². The maximum Gasteiger partial charge on any atom is 0.296 e. The smallest absolute Gasteiger partial charge is 0.205 e. The van der Waals surface area contributed by atoms with Crippen LogP contribution in [0.4, 0.5) is 0 Å². The quantitative estimate of drug-likeness (QED) is 0.431. The Balaban J connectivity index is 3.37. The normalized spacial score (nSPS) is 11.6. The third-order valence-corrected chi connectivity index (χ3v) is 2.28. The molecule has 0 spiro atoms. The van der Waals surface area contributed by atoms with Crippen LogP contribution >= 0.6 is 33.9 Å². The molecule has 1 aromatic heterocycles. The van der Waals surface area contributed by atoms with Gasteiger partial charge in [-0.15, -0.1) is 0 Å². The standard InChI is InChI=1S/C4HCl3N2O2S/c5-2-1-3(6)9-4(8-2)12(7,10)11/h1H. The highest BCUT2D eigenvalue weighted by Gasteiger charge is 2.15. The summed E-state index contributed by atoms with van der Waals surface area (Å²) < 4.78 is 21.3. The van der Waals surface area contributed by atoms with Gasteiger partial charge in [-0.1, -0.05) is 23.2 Å². The van der Waals surface area contributed by atoms with E-state index in [0.29, 0.717) is 0 Å². The first-order valence-electron chi connectivity index (χ1n) is 2.54. The number of hydrogen-bond acceptors (Lipinski definition) is 4. The molecule has 0 bridgehead atoms. The molecule has 1 aromatic rings. The topological polar surface area (TPSA) is 59.9 Å². The van der Waals surface area contributed by atoms with E-state index >= 15 is 0 Å². The molecule has 1 heterocycles. The second-order valence-electron chi connectivity index (χ2n) is 1.73. The molecule has 0 radical (unpaired) electrons. The lowest BCUT2D eigenvalue weighted by molar-refractivity contribution is 0.601. The predicted octanol–water partition coefficient (Wildman–Crippen LogP) is 1.71. The van der Waals surface area contributed by atoms with Crippen molar-refractivity contribution in [3.63, 3.8) is 0 Å². The van der Waals surface area contributed by atoms with Crippen LogP contribution in [0.5, 0.6) is 0 Å². The Kier molecular flexibility index (Phi) is 2.77. The van der Waals surface area contributed by atoms with E-state index in [9.17, 15) is 8.42 Å². The zero-order valence-electron chi connectivity index (χ0n) is 5.33. The molecule has 8 heteroatoms.